The van der Waals surface area contributed by atoms with Gasteiger partial charge in [0.25, 0.3) is 5.91 Å². The summed E-state index contributed by atoms with van der Waals surface area (Å²) in [6.07, 6.45) is 1.03. The summed E-state index contributed by atoms with van der Waals surface area (Å²) in [7, 11) is -2.01. The van der Waals surface area contributed by atoms with Gasteiger partial charge < -0.3 is 4.74 Å². The van der Waals surface area contributed by atoms with Gasteiger partial charge in [-0.05, 0) is 54.7 Å². The third kappa shape index (κ3) is 5.11. The van der Waals surface area contributed by atoms with E-state index < -0.39 is 10.0 Å². The molecule has 7 nitrogen and oxygen atoms in total. The van der Waals surface area contributed by atoms with Crippen molar-refractivity contribution in [3.05, 3.63) is 54.1 Å². The number of amides is 1. The van der Waals surface area contributed by atoms with Crippen molar-refractivity contribution >= 4 is 42.6 Å². The molecule has 0 N–H and O–H groups in total. The number of anilines is 1. The number of hydrogen-bond donors (Lipinski definition) is 0. The van der Waals surface area contributed by atoms with Crippen LogP contribution in [0.5, 0.6) is 0 Å². The first-order valence-electron chi connectivity index (χ1n) is 11.1. The number of methoxy groups -OCH3 is 1. The van der Waals surface area contributed by atoms with Crippen molar-refractivity contribution in [3.8, 4) is 0 Å². The highest BCUT2D eigenvalue weighted by molar-refractivity contribution is 7.89. The SMILES string of the molecule is COCCN(C(=O)c1ccc(S(=O)(=O)N2CC(C)CC(C)C2)cc1)c1nc2ccccc2s1. The molecule has 1 aliphatic heterocycles. The molecule has 1 amide bonds. The van der Waals surface area contributed by atoms with E-state index in [1.165, 1.54) is 23.5 Å². The van der Waals surface area contributed by atoms with Gasteiger partial charge >= 0.3 is 0 Å². The summed E-state index contributed by atoms with van der Waals surface area (Å²) in [6.45, 7) is 5.91. The first kappa shape index (κ1) is 23.8. The molecule has 0 bridgehead atoms. The van der Waals surface area contributed by atoms with E-state index in [4.69, 9.17) is 4.74 Å². The summed E-state index contributed by atoms with van der Waals surface area (Å²) in [5.74, 6) is 0.412. The van der Waals surface area contributed by atoms with Crippen molar-refractivity contribution in [1.29, 1.82) is 0 Å². The van der Waals surface area contributed by atoms with Crippen LogP contribution in [-0.2, 0) is 14.8 Å². The summed E-state index contributed by atoms with van der Waals surface area (Å²) in [6, 6.07) is 14.0. The Labute approximate surface area is 199 Å². The highest BCUT2D eigenvalue weighted by Gasteiger charge is 2.32. The number of carbonyl (C=O) groups excluding carboxylic acids is 1. The fourth-order valence-electron chi connectivity index (χ4n) is 4.32. The molecule has 2 aromatic carbocycles. The molecule has 1 saturated heterocycles. The predicted molar refractivity (Wildman–Crippen MR) is 131 cm³/mol. The summed E-state index contributed by atoms with van der Waals surface area (Å²) in [5, 5.41) is 0.589. The lowest BCUT2D eigenvalue weighted by atomic mass is 9.94. The van der Waals surface area contributed by atoms with Crippen LogP contribution >= 0.6 is 11.3 Å². The molecule has 0 aliphatic carbocycles. The average Bonchev–Trinajstić information content (AvgIpc) is 3.22. The maximum atomic E-state index is 13.4. The van der Waals surface area contributed by atoms with Gasteiger partial charge in [-0.25, -0.2) is 13.4 Å². The standard InChI is InChI=1S/C24H29N3O4S2/c1-17-14-18(2)16-26(15-17)33(29,30)20-10-8-19(9-11-20)23(28)27(12-13-31-3)24-25-21-6-4-5-7-22(21)32-24/h4-11,17-18H,12-16H2,1-3H3. The minimum Gasteiger partial charge on any atom is -0.383 e. The van der Waals surface area contributed by atoms with Crippen LogP contribution in [-0.4, -0.2) is 57.0 Å². The Hall–Kier alpha value is -2.33. The van der Waals surface area contributed by atoms with Gasteiger partial charge in [0.05, 0.1) is 28.3 Å². The fourth-order valence-corrected chi connectivity index (χ4v) is 6.99. The molecule has 176 valence electrons. The van der Waals surface area contributed by atoms with Gasteiger partial charge in [0.2, 0.25) is 10.0 Å². The Bertz CT molecular complexity index is 1180. The summed E-state index contributed by atoms with van der Waals surface area (Å²) >= 11 is 1.44. The number of fused-ring (bicyclic) bond motifs is 1. The fraction of sp³-hybridized carbons (Fsp3) is 0.417. The zero-order chi connectivity index (χ0) is 23.6. The molecule has 3 aromatic rings. The highest BCUT2D eigenvalue weighted by Crippen LogP contribution is 2.30. The molecule has 9 heteroatoms. The highest BCUT2D eigenvalue weighted by atomic mass is 32.2. The molecule has 1 aliphatic rings. The van der Waals surface area contributed by atoms with E-state index in [1.54, 1.807) is 28.4 Å². The maximum Gasteiger partial charge on any atom is 0.260 e. The van der Waals surface area contributed by atoms with Gasteiger partial charge in [0.1, 0.15) is 0 Å². The minimum atomic E-state index is -3.60. The zero-order valence-electron chi connectivity index (χ0n) is 19.1. The monoisotopic (exact) mass is 487 g/mol. The van der Waals surface area contributed by atoms with Crippen molar-refractivity contribution in [1.82, 2.24) is 9.29 Å². The van der Waals surface area contributed by atoms with Gasteiger partial charge in [0, 0.05) is 25.8 Å². The number of sulfonamides is 1. The molecule has 33 heavy (non-hydrogen) atoms. The van der Waals surface area contributed by atoms with Crippen LogP contribution in [0.1, 0.15) is 30.6 Å². The van der Waals surface area contributed by atoms with Crippen LogP contribution in [0.4, 0.5) is 5.13 Å². The van der Waals surface area contributed by atoms with Crippen molar-refractivity contribution in [3.63, 3.8) is 0 Å². The predicted octanol–water partition coefficient (Wildman–Crippen LogP) is 4.26. The number of aromatic nitrogens is 1. The van der Waals surface area contributed by atoms with E-state index in [0.29, 0.717) is 48.8 Å². The Balaban J connectivity index is 1.59. The van der Waals surface area contributed by atoms with E-state index in [2.05, 4.69) is 18.8 Å². The number of carbonyl (C=O) groups is 1. The number of para-hydroxylation sites is 1. The van der Waals surface area contributed by atoms with Crippen LogP contribution < -0.4 is 4.90 Å². The quantitative estimate of drug-likeness (QED) is 0.498. The van der Waals surface area contributed by atoms with Crippen LogP contribution in [0.2, 0.25) is 0 Å². The molecule has 0 spiro atoms. The number of hydrogen-bond acceptors (Lipinski definition) is 6. The number of benzene rings is 2. The van der Waals surface area contributed by atoms with Crippen LogP contribution in [0.15, 0.2) is 53.4 Å². The van der Waals surface area contributed by atoms with E-state index >= 15 is 0 Å². The third-order valence-corrected chi connectivity index (χ3v) is 8.76. The van der Waals surface area contributed by atoms with Crippen molar-refractivity contribution < 1.29 is 17.9 Å². The first-order chi connectivity index (χ1) is 15.8. The molecule has 0 saturated carbocycles. The van der Waals surface area contributed by atoms with E-state index in [-0.39, 0.29) is 10.8 Å². The lowest BCUT2D eigenvalue weighted by Crippen LogP contribution is -2.42. The zero-order valence-corrected chi connectivity index (χ0v) is 20.7. The van der Waals surface area contributed by atoms with Crippen LogP contribution in [0.25, 0.3) is 10.2 Å². The van der Waals surface area contributed by atoms with Crippen molar-refractivity contribution in [2.75, 3.05) is 38.3 Å². The lowest BCUT2D eigenvalue weighted by Gasteiger charge is -2.34. The van der Waals surface area contributed by atoms with Gasteiger partial charge in [0.15, 0.2) is 5.13 Å². The molecule has 2 heterocycles. The average molecular weight is 488 g/mol. The van der Waals surface area contributed by atoms with Gasteiger partial charge in [-0.2, -0.15) is 4.31 Å². The van der Waals surface area contributed by atoms with Crippen molar-refractivity contribution in [2.24, 2.45) is 11.8 Å². The minimum absolute atomic E-state index is 0.212. The van der Waals surface area contributed by atoms with E-state index in [0.717, 1.165) is 16.6 Å². The van der Waals surface area contributed by atoms with E-state index in [1.807, 2.05) is 24.3 Å². The second kappa shape index (κ2) is 9.89. The summed E-state index contributed by atoms with van der Waals surface area (Å²) < 4.78 is 34.1. The molecule has 2 unspecified atom stereocenters. The number of rotatable bonds is 7. The maximum absolute atomic E-state index is 13.4. The largest absolute Gasteiger partial charge is 0.383 e. The Morgan fingerprint density at radius 3 is 2.42 bits per heavy atom. The second-order valence-corrected chi connectivity index (χ2v) is 11.7. The Kier molecular flexibility index (Phi) is 7.13. The number of thiazole rings is 1. The summed E-state index contributed by atoms with van der Waals surface area (Å²) in [5.41, 5.74) is 1.24. The molecule has 2 atom stereocenters. The normalized spacial score (nSPS) is 19.6. The second-order valence-electron chi connectivity index (χ2n) is 8.71. The molecular formula is C24H29N3O4S2. The molecular weight excluding hydrogens is 458 g/mol. The van der Waals surface area contributed by atoms with Gasteiger partial charge in [-0.3, -0.25) is 9.69 Å². The number of nitrogens with zero attached hydrogens (tertiary/aromatic N) is 3. The van der Waals surface area contributed by atoms with Crippen LogP contribution in [0.3, 0.4) is 0 Å². The number of piperidine rings is 1. The smallest absolute Gasteiger partial charge is 0.260 e. The molecule has 4 rings (SSSR count). The number of ether oxygens (including phenoxy) is 1. The molecule has 0 radical (unpaired) electrons. The Morgan fingerprint density at radius 1 is 1.12 bits per heavy atom. The lowest BCUT2D eigenvalue weighted by molar-refractivity contribution is 0.0976. The van der Waals surface area contributed by atoms with Gasteiger partial charge in [-0.1, -0.05) is 37.3 Å². The van der Waals surface area contributed by atoms with Crippen molar-refractivity contribution in [2.45, 2.75) is 25.2 Å². The molecule has 1 aromatic heterocycles. The van der Waals surface area contributed by atoms with Crippen LogP contribution in [0, 0.1) is 11.8 Å². The summed E-state index contributed by atoms with van der Waals surface area (Å²) in [4.78, 5) is 19.8. The topological polar surface area (TPSA) is 79.8 Å². The molecule has 1 fully saturated rings. The van der Waals surface area contributed by atoms with Gasteiger partial charge in [-0.15, -0.1) is 0 Å². The third-order valence-electron chi connectivity index (χ3n) is 5.85. The Morgan fingerprint density at radius 2 is 1.79 bits per heavy atom. The first-order valence-corrected chi connectivity index (χ1v) is 13.3. The van der Waals surface area contributed by atoms with E-state index in [9.17, 15) is 13.2 Å².